The molecule has 0 amide bonds. The summed E-state index contributed by atoms with van der Waals surface area (Å²) < 4.78 is 5.62. The Kier molecular flexibility index (Phi) is 5.11. The molecule has 0 saturated heterocycles. The molecule has 0 spiro atoms. The van der Waals surface area contributed by atoms with Crippen LogP contribution in [0.15, 0.2) is 0 Å². The van der Waals surface area contributed by atoms with Crippen LogP contribution in [0.3, 0.4) is 0 Å². The Morgan fingerprint density at radius 2 is 1.94 bits per heavy atom. The van der Waals surface area contributed by atoms with E-state index in [-0.39, 0.29) is 0 Å². The maximum Gasteiger partial charge on any atom is 0.0494 e. The highest BCUT2D eigenvalue weighted by molar-refractivity contribution is 4.77. The second-order valence-electron chi connectivity index (χ2n) is 5.66. The van der Waals surface area contributed by atoms with Gasteiger partial charge < -0.3 is 10.1 Å². The molecule has 2 rings (SSSR count). The maximum atomic E-state index is 5.62. The van der Waals surface area contributed by atoms with Gasteiger partial charge in [-0.15, -0.1) is 0 Å². The number of ether oxygens (including phenoxy) is 1. The van der Waals surface area contributed by atoms with Gasteiger partial charge in [0, 0.05) is 19.3 Å². The number of hydrogen-bond donors (Lipinski definition) is 1. The molecular formula is C14H27NO. The molecule has 1 N–H and O–H groups in total. The molecule has 0 radical (unpaired) electrons. The van der Waals surface area contributed by atoms with Gasteiger partial charge in [-0.25, -0.2) is 0 Å². The standard InChI is InChI=1S/C14H27NO/c1-12(14-5-2-3-6-14)15-9-4-10-16-11-13-7-8-13/h12-15H,2-11H2,1H3. The molecule has 0 bridgehead atoms. The lowest BCUT2D eigenvalue weighted by molar-refractivity contribution is 0.121. The first-order valence-electron chi connectivity index (χ1n) is 7.17. The molecule has 2 saturated carbocycles. The SMILES string of the molecule is CC(NCCCOCC1CC1)C1CCCC1. The van der Waals surface area contributed by atoms with Gasteiger partial charge in [0.05, 0.1) is 0 Å². The maximum absolute atomic E-state index is 5.62. The van der Waals surface area contributed by atoms with E-state index < -0.39 is 0 Å². The van der Waals surface area contributed by atoms with E-state index in [1.807, 2.05) is 0 Å². The van der Waals surface area contributed by atoms with Crippen LogP contribution in [0.5, 0.6) is 0 Å². The first-order chi connectivity index (χ1) is 7.86. The molecule has 16 heavy (non-hydrogen) atoms. The lowest BCUT2D eigenvalue weighted by Crippen LogP contribution is -2.33. The van der Waals surface area contributed by atoms with Crippen molar-refractivity contribution < 1.29 is 4.74 Å². The topological polar surface area (TPSA) is 21.3 Å². The van der Waals surface area contributed by atoms with E-state index in [4.69, 9.17) is 4.74 Å². The van der Waals surface area contributed by atoms with Crippen molar-refractivity contribution in [3.8, 4) is 0 Å². The monoisotopic (exact) mass is 225 g/mol. The van der Waals surface area contributed by atoms with Gasteiger partial charge in [0.25, 0.3) is 0 Å². The fourth-order valence-corrected chi connectivity index (χ4v) is 2.66. The lowest BCUT2D eigenvalue weighted by atomic mass is 10.00. The van der Waals surface area contributed by atoms with Gasteiger partial charge in [0.1, 0.15) is 0 Å². The predicted molar refractivity (Wildman–Crippen MR) is 67.6 cm³/mol. The van der Waals surface area contributed by atoms with Crippen LogP contribution in [0.25, 0.3) is 0 Å². The summed E-state index contributed by atoms with van der Waals surface area (Å²) in [4.78, 5) is 0. The van der Waals surface area contributed by atoms with Gasteiger partial charge in [-0.3, -0.25) is 0 Å². The van der Waals surface area contributed by atoms with Crippen molar-refractivity contribution in [1.82, 2.24) is 5.32 Å². The third kappa shape index (κ3) is 4.42. The first kappa shape index (κ1) is 12.4. The summed E-state index contributed by atoms with van der Waals surface area (Å²) in [6, 6.07) is 0.714. The van der Waals surface area contributed by atoms with E-state index in [2.05, 4.69) is 12.2 Å². The van der Waals surface area contributed by atoms with Crippen LogP contribution in [0.4, 0.5) is 0 Å². The number of nitrogens with one attached hydrogen (secondary N) is 1. The van der Waals surface area contributed by atoms with Crippen molar-refractivity contribution in [2.75, 3.05) is 19.8 Å². The van der Waals surface area contributed by atoms with Crippen molar-refractivity contribution in [2.45, 2.75) is 57.9 Å². The van der Waals surface area contributed by atoms with Crippen LogP contribution in [-0.2, 0) is 4.74 Å². The highest BCUT2D eigenvalue weighted by atomic mass is 16.5. The zero-order chi connectivity index (χ0) is 11.2. The quantitative estimate of drug-likeness (QED) is 0.641. The molecule has 1 unspecified atom stereocenters. The average Bonchev–Trinajstić information content (AvgIpc) is 2.95. The molecule has 2 heteroatoms. The van der Waals surface area contributed by atoms with Crippen molar-refractivity contribution in [2.24, 2.45) is 11.8 Å². The highest BCUT2D eigenvalue weighted by Gasteiger charge is 2.21. The molecule has 2 aliphatic carbocycles. The molecule has 94 valence electrons. The fraction of sp³-hybridized carbons (Fsp3) is 1.00. The minimum Gasteiger partial charge on any atom is -0.381 e. The van der Waals surface area contributed by atoms with E-state index in [0.29, 0.717) is 6.04 Å². The van der Waals surface area contributed by atoms with Crippen molar-refractivity contribution >= 4 is 0 Å². The van der Waals surface area contributed by atoms with Gasteiger partial charge >= 0.3 is 0 Å². The van der Waals surface area contributed by atoms with Crippen LogP contribution >= 0.6 is 0 Å². The summed E-state index contributed by atoms with van der Waals surface area (Å²) in [5.41, 5.74) is 0. The van der Waals surface area contributed by atoms with Crippen molar-refractivity contribution in [1.29, 1.82) is 0 Å². The number of hydrogen-bond acceptors (Lipinski definition) is 2. The Morgan fingerprint density at radius 1 is 1.19 bits per heavy atom. The minimum atomic E-state index is 0.714. The van der Waals surface area contributed by atoms with Gasteiger partial charge in [-0.2, -0.15) is 0 Å². The van der Waals surface area contributed by atoms with Crippen molar-refractivity contribution in [3.63, 3.8) is 0 Å². The summed E-state index contributed by atoms with van der Waals surface area (Å²) in [6.45, 7) is 5.43. The summed E-state index contributed by atoms with van der Waals surface area (Å²) in [7, 11) is 0. The second kappa shape index (κ2) is 6.61. The molecule has 0 aromatic carbocycles. The molecule has 0 aromatic rings. The largest absolute Gasteiger partial charge is 0.381 e. The second-order valence-corrected chi connectivity index (χ2v) is 5.66. The molecule has 0 aromatic heterocycles. The van der Waals surface area contributed by atoms with E-state index >= 15 is 0 Å². The van der Waals surface area contributed by atoms with E-state index in [1.54, 1.807) is 0 Å². The lowest BCUT2D eigenvalue weighted by Gasteiger charge is -2.20. The Labute approximate surface area is 100 Å². The van der Waals surface area contributed by atoms with Crippen LogP contribution in [0, 0.1) is 11.8 Å². The Hall–Kier alpha value is -0.0800. The molecule has 2 nitrogen and oxygen atoms in total. The van der Waals surface area contributed by atoms with E-state index in [0.717, 1.165) is 31.6 Å². The van der Waals surface area contributed by atoms with Gasteiger partial charge in [0.15, 0.2) is 0 Å². The zero-order valence-corrected chi connectivity index (χ0v) is 10.7. The molecule has 2 fully saturated rings. The smallest absolute Gasteiger partial charge is 0.0494 e. The number of rotatable bonds is 8. The van der Waals surface area contributed by atoms with Crippen LogP contribution in [0.2, 0.25) is 0 Å². The first-order valence-corrected chi connectivity index (χ1v) is 7.17. The summed E-state index contributed by atoms with van der Waals surface area (Å²) >= 11 is 0. The normalized spacial score (nSPS) is 23.8. The van der Waals surface area contributed by atoms with Crippen molar-refractivity contribution in [3.05, 3.63) is 0 Å². The van der Waals surface area contributed by atoms with Gasteiger partial charge in [0.2, 0.25) is 0 Å². The Balaban J connectivity index is 1.40. The van der Waals surface area contributed by atoms with Gasteiger partial charge in [-0.1, -0.05) is 12.8 Å². The summed E-state index contributed by atoms with van der Waals surface area (Å²) in [5, 5.41) is 3.65. The van der Waals surface area contributed by atoms with Crippen LogP contribution in [0.1, 0.15) is 51.9 Å². The van der Waals surface area contributed by atoms with E-state index in [9.17, 15) is 0 Å². The fourth-order valence-electron chi connectivity index (χ4n) is 2.66. The Bertz CT molecular complexity index is 185. The third-order valence-corrected chi connectivity index (χ3v) is 4.09. The highest BCUT2D eigenvalue weighted by Crippen LogP contribution is 2.29. The van der Waals surface area contributed by atoms with Crippen LogP contribution < -0.4 is 5.32 Å². The summed E-state index contributed by atoms with van der Waals surface area (Å²) in [5.74, 6) is 1.85. The Morgan fingerprint density at radius 3 is 2.62 bits per heavy atom. The molecular weight excluding hydrogens is 198 g/mol. The molecule has 0 aliphatic heterocycles. The zero-order valence-electron chi connectivity index (χ0n) is 10.7. The third-order valence-electron chi connectivity index (χ3n) is 4.09. The van der Waals surface area contributed by atoms with E-state index in [1.165, 1.54) is 44.9 Å². The van der Waals surface area contributed by atoms with Gasteiger partial charge in [-0.05, 0) is 57.4 Å². The molecule has 0 heterocycles. The molecule has 1 atom stereocenters. The molecule has 2 aliphatic rings. The average molecular weight is 225 g/mol. The predicted octanol–water partition coefficient (Wildman–Crippen LogP) is 2.97. The summed E-state index contributed by atoms with van der Waals surface area (Å²) in [6.07, 6.45) is 9.73. The minimum absolute atomic E-state index is 0.714. The van der Waals surface area contributed by atoms with Crippen LogP contribution in [-0.4, -0.2) is 25.8 Å².